The van der Waals surface area contributed by atoms with Gasteiger partial charge in [0, 0.05) is 36.1 Å². The van der Waals surface area contributed by atoms with Crippen molar-refractivity contribution in [1.82, 2.24) is 14.7 Å². The highest BCUT2D eigenvalue weighted by atomic mass is 35.5. The van der Waals surface area contributed by atoms with E-state index in [1.54, 1.807) is 60.7 Å². The number of aryl methyl sites for hydroxylation is 1. The Kier molecular flexibility index (Phi) is 11.9. The summed E-state index contributed by atoms with van der Waals surface area (Å²) in [6.45, 7) is 1.52. The van der Waals surface area contributed by atoms with Gasteiger partial charge in [-0.2, -0.15) is 5.10 Å². The predicted octanol–water partition coefficient (Wildman–Crippen LogP) is 6.39. The third-order valence-electron chi connectivity index (χ3n) is 8.55. The molecule has 0 spiro atoms. The Morgan fingerprint density at radius 2 is 1.43 bits per heavy atom. The van der Waals surface area contributed by atoms with Crippen LogP contribution in [0, 0.1) is 0 Å². The molecular formula is C38H35Cl2N5O8S. The first-order valence-electron chi connectivity index (χ1n) is 16.6. The maximum Gasteiger partial charge on any atom is 0.340 e. The number of aromatic nitrogens is 2. The van der Waals surface area contributed by atoms with Gasteiger partial charge in [0.1, 0.15) is 16.7 Å². The Morgan fingerprint density at radius 1 is 0.815 bits per heavy atom. The molecule has 54 heavy (non-hydrogen) atoms. The summed E-state index contributed by atoms with van der Waals surface area (Å²) < 4.78 is 46.5. The number of rotatable bonds is 14. The maximum atomic E-state index is 13.3. The highest BCUT2D eigenvalue weighted by Crippen LogP contribution is 2.28. The van der Waals surface area contributed by atoms with Gasteiger partial charge in [-0.15, -0.1) is 0 Å². The lowest BCUT2D eigenvalue weighted by Crippen LogP contribution is -2.53. The molecule has 0 unspecified atom stereocenters. The summed E-state index contributed by atoms with van der Waals surface area (Å²) in [5.41, 5.74) is 2.89. The van der Waals surface area contributed by atoms with Gasteiger partial charge >= 0.3 is 11.9 Å². The number of halogens is 2. The van der Waals surface area contributed by atoms with E-state index in [1.165, 1.54) is 43.4 Å². The number of hydrogen-bond acceptors (Lipinski definition) is 10. The van der Waals surface area contributed by atoms with E-state index in [0.29, 0.717) is 53.2 Å². The van der Waals surface area contributed by atoms with Crippen LogP contribution in [0.5, 0.6) is 5.75 Å². The predicted molar refractivity (Wildman–Crippen MR) is 203 cm³/mol. The molecule has 0 atom stereocenters. The zero-order chi connectivity index (χ0) is 38.4. The van der Waals surface area contributed by atoms with Crippen LogP contribution in [0.4, 0.5) is 11.4 Å². The Hall–Kier alpha value is -5.41. The monoisotopic (exact) mass is 791 g/mol. The van der Waals surface area contributed by atoms with E-state index in [4.69, 9.17) is 37.4 Å². The fourth-order valence-electron chi connectivity index (χ4n) is 5.72. The van der Waals surface area contributed by atoms with E-state index in [-0.39, 0.29) is 40.1 Å². The zero-order valence-electron chi connectivity index (χ0n) is 29.1. The number of hydrogen-bond donors (Lipinski definition) is 2. The van der Waals surface area contributed by atoms with Gasteiger partial charge in [-0.3, -0.25) is 14.4 Å². The molecule has 1 amide bonds. The van der Waals surface area contributed by atoms with Gasteiger partial charge in [-0.1, -0.05) is 41.4 Å². The second kappa shape index (κ2) is 16.7. The van der Waals surface area contributed by atoms with Gasteiger partial charge in [0.2, 0.25) is 5.91 Å². The number of carbonyl (C=O) groups excluding carboxylic acids is 3. The standard InChI is InChI=1S/C38H35Cl2N5O8S/c1-51-37(47)32-17-25(5-14-35(32)43-54(49,50)31-19-41-45(23-31)28-11-9-27(40)10-12-28)20-44-21-30(22-44)53-29-13-15-34(33(18-29)38(48)52-2)42-36(46)16-6-24-3-7-26(39)8-4-24/h3-5,7-15,17-19,23,30,43H,6,16,20-22H2,1-2H3,(H,42,46). The molecule has 1 aliphatic heterocycles. The molecule has 280 valence electrons. The van der Waals surface area contributed by atoms with Crippen molar-refractivity contribution in [3.63, 3.8) is 0 Å². The summed E-state index contributed by atoms with van der Waals surface area (Å²) in [6, 6.07) is 23.6. The van der Waals surface area contributed by atoms with Crippen LogP contribution >= 0.6 is 23.2 Å². The van der Waals surface area contributed by atoms with Gasteiger partial charge in [0.05, 0.1) is 54.8 Å². The van der Waals surface area contributed by atoms with Gasteiger partial charge in [0.25, 0.3) is 10.0 Å². The third kappa shape index (κ3) is 9.38. The molecule has 13 nitrogen and oxygen atoms in total. The number of sulfonamides is 1. The molecule has 2 heterocycles. The number of esters is 2. The van der Waals surface area contributed by atoms with Crippen LogP contribution in [0.25, 0.3) is 5.69 Å². The molecule has 5 aromatic rings. The number of methoxy groups -OCH3 is 2. The van der Waals surface area contributed by atoms with E-state index in [0.717, 1.165) is 11.1 Å². The number of anilines is 2. The van der Waals surface area contributed by atoms with Crippen LogP contribution in [-0.4, -0.2) is 74.4 Å². The molecule has 0 aliphatic carbocycles. The summed E-state index contributed by atoms with van der Waals surface area (Å²) in [5.74, 6) is -1.16. The number of benzene rings is 4. The van der Waals surface area contributed by atoms with Gasteiger partial charge in [-0.05, 0) is 84.3 Å². The Balaban J connectivity index is 1.06. The third-order valence-corrected chi connectivity index (χ3v) is 10.4. The summed E-state index contributed by atoms with van der Waals surface area (Å²) >= 11 is 11.9. The van der Waals surface area contributed by atoms with Crippen LogP contribution in [0.3, 0.4) is 0 Å². The SMILES string of the molecule is COC(=O)c1cc(OC2CN(Cc3ccc(NS(=O)(=O)c4cnn(-c5ccc(Cl)cc5)c4)c(C(=O)OC)c3)C2)ccc1NC(=O)CCc1ccc(Cl)cc1. The van der Waals surface area contributed by atoms with Crippen LogP contribution in [0.2, 0.25) is 10.0 Å². The summed E-state index contributed by atoms with van der Waals surface area (Å²) in [5, 5.41) is 8.09. The van der Waals surface area contributed by atoms with Crippen molar-refractivity contribution in [1.29, 1.82) is 0 Å². The number of ether oxygens (including phenoxy) is 3. The van der Waals surface area contributed by atoms with Crippen molar-refractivity contribution in [3.05, 3.63) is 130 Å². The number of amides is 1. The quantitative estimate of drug-likeness (QED) is 0.121. The molecule has 1 aromatic heterocycles. The molecule has 2 N–H and O–H groups in total. The second-order valence-electron chi connectivity index (χ2n) is 12.4. The average molecular weight is 793 g/mol. The molecule has 16 heteroatoms. The molecular weight excluding hydrogens is 757 g/mol. The summed E-state index contributed by atoms with van der Waals surface area (Å²) in [6.07, 6.45) is 3.07. The maximum absolute atomic E-state index is 13.3. The highest BCUT2D eigenvalue weighted by Gasteiger charge is 2.30. The number of nitrogens with one attached hydrogen (secondary N) is 2. The van der Waals surface area contributed by atoms with Crippen molar-refractivity contribution >= 4 is 62.4 Å². The number of carbonyl (C=O) groups is 3. The molecule has 0 radical (unpaired) electrons. The van der Waals surface area contributed by atoms with Gasteiger partial charge < -0.3 is 19.5 Å². The topological polar surface area (TPSA) is 158 Å². The van der Waals surface area contributed by atoms with E-state index in [1.807, 2.05) is 12.1 Å². The van der Waals surface area contributed by atoms with E-state index < -0.39 is 22.0 Å². The fourth-order valence-corrected chi connectivity index (χ4v) is 6.99. The van der Waals surface area contributed by atoms with E-state index >= 15 is 0 Å². The smallest absolute Gasteiger partial charge is 0.340 e. The molecule has 1 fully saturated rings. The fraction of sp³-hybridized carbons (Fsp3) is 0.211. The van der Waals surface area contributed by atoms with Crippen molar-refractivity contribution in [2.75, 3.05) is 37.3 Å². The molecule has 4 aromatic carbocycles. The number of nitrogens with zero attached hydrogens (tertiary/aromatic N) is 3. The first-order valence-corrected chi connectivity index (χ1v) is 18.8. The van der Waals surface area contributed by atoms with E-state index in [2.05, 4.69) is 20.0 Å². The molecule has 0 saturated carbocycles. The second-order valence-corrected chi connectivity index (χ2v) is 14.9. The Labute approximate surface area is 321 Å². The van der Waals surface area contributed by atoms with Gasteiger partial charge in [-0.25, -0.2) is 22.7 Å². The van der Waals surface area contributed by atoms with Crippen molar-refractivity contribution < 1.29 is 37.0 Å². The molecule has 0 bridgehead atoms. The first kappa shape index (κ1) is 38.3. The molecule has 1 aliphatic rings. The molecule has 1 saturated heterocycles. The Bertz CT molecular complexity index is 2280. The van der Waals surface area contributed by atoms with Crippen molar-refractivity contribution in [2.24, 2.45) is 0 Å². The average Bonchev–Trinajstić information content (AvgIpc) is 3.66. The number of likely N-dealkylation sites (tertiary alicyclic amines) is 1. The van der Waals surface area contributed by atoms with Crippen molar-refractivity contribution in [2.45, 2.75) is 30.4 Å². The minimum Gasteiger partial charge on any atom is -0.488 e. The van der Waals surface area contributed by atoms with Crippen LogP contribution in [0.1, 0.15) is 38.3 Å². The highest BCUT2D eigenvalue weighted by molar-refractivity contribution is 7.92. The Morgan fingerprint density at radius 3 is 2.09 bits per heavy atom. The summed E-state index contributed by atoms with van der Waals surface area (Å²) in [4.78, 5) is 40.0. The normalized spacial score (nSPS) is 13.1. The minimum absolute atomic E-state index is 0.0458. The van der Waals surface area contributed by atoms with E-state index in [9.17, 15) is 22.8 Å². The first-order chi connectivity index (χ1) is 25.9. The van der Waals surface area contributed by atoms with Crippen LogP contribution in [0.15, 0.2) is 102 Å². The summed E-state index contributed by atoms with van der Waals surface area (Å²) in [7, 11) is -1.64. The van der Waals surface area contributed by atoms with Crippen LogP contribution < -0.4 is 14.8 Å². The van der Waals surface area contributed by atoms with Gasteiger partial charge in [0.15, 0.2) is 0 Å². The zero-order valence-corrected chi connectivity index (χ0v) is 31.5. The molecule has 6 rings (SSSR count). The lowest BCUT2D eigenvalue weighted by molar-refractivity contribution is -0.116. The lowest BCUT2D eigenvalue weighted by Gasteiger charge is -2.39. The minimum atomic E-state index is -4.12. The van der Waals surface area contributed by atoms with Crippen molar-refractivity contribution in [3.8, 4) is 11.4 Å². The largest absolute Gasteiger partial charge is 0.488 e. The van der Waals surface area contributed by atoms with Crippen LogP contribution in [-0.2, 0) is 37.3 Å². The lowest BCUT2D eigenvalue weighted by atomic mass is 10.1.